The molecule has 0 radical (unpaired) electrons. The van der Waals surface area contributed by atoms with Crippen LogP contribution in [0, 0.1) is 0 Å². The van der Waals surface area contributed by atoms with Gasteiger partial charge in [-0.2, -0.15) is 0 Å². The van der Waals surface area contributed by atoms with Crippen LogP contribution in [0.3, 0.4) is 0 Å². The lowest BCUT2D eigenvalue weighted by molar-refractivity contribution is -0.129. The molecule has 0 aromatic heterocycles. The topological polar surface area (TPSA) is 49.4 Å². The van der Waals surface area contributed by atoms with E-state index in [1.54, 1.807) is 31.1 Å². The predicted octanol–water partition coefficient (Wildman–Crippen LogP) is 3.40. The Balaban J connectivity index is 1.69. The SMILES string of the molecule is CNC(=O)c1ccc(CN(C)C(=O)Cc2cccc3ccccc23)cc1. The zero-order valence-electron chi connectivity index (χ0n) is 15.0. The second-order valence-electron chi connectivity index (χ2n) is 6.34. The molecule has 0 fully saturated rings. The van der Waals surface area contributed by atoms with Crippen LogP contribution in [0.2, 0.25) is 0 Å². The lowest BCUT2D eigenvalue weighted by atomic mass is 10.0. The number of amides is 2. The van der Waals surface area contributed by atoms with Crippen molar-refractivity contribution in [3.8, 4) is 0 Å². The Morgan fingerprint density at radius 2 is 1.62 bits per heavy atom. The maximum absolute atomic E-state index is 12.6. The fraction of sp³-hybridized carbons (Fsp3) is 0.182. The molecule has 2 amide bonds. The molecule has 4 nitrogen and oxygen atoms in total. The number of rotatable bonds is 5. The van der Waals surface area contributed by atoms with Crippen LogP contribution in [0.15, 0.2) is 66.7 Å². The molecule has 3 aromatic rings. The Morgan fingerprint density at radius 3 is 2.35 bits per heavy atom. The van der Waals surface area contributed by atoms with E-state index in [-0.39, 0.29) is 11.8 Å². The van der Waals surface area contributed by atoms with Crippen molar-refractivity contribution < 1.29 is 9.59 Å². The highest BCUT2D eigenvalue weighted by Crippen LogP contribution is 2.19. The molecule has 0 saturated carbocycles. The molecule has 132 valence electrons. The summed E-state index contributed by atoms with van der Waals surface area (Å²) in [5.74, 6) is -0.0475. The van der Waals surface area contributed by atoms with Crippen molar-refractivity contribution in [1.29, 1.82) is 0 Å². The Kier molecular flexibility index (Phi) is 5.32. The lowest BCUT2D eigenvalue weighted by Gasteiger charge is -2.18. The predicted molar refractivity (Wildman–Crippen MR) is 104 cm³/mol. The van der Waals surface area contributed by atoms with Crippen LogP contribution in [-0.4, -0.2) is 30.8 Å². The van der Waals surface area contributed by atoms with Gasteiger partial charge in [0.25, 0.3) is 5.91 Å². The Hall–Kier alpha value is -3.14. The van der Waals surface area contributed by atoms with Crippen molar-refractivity contribution >= 4 is 22.6 Å². The lowest BCUT2D eigenvalue weighted by Crippen LogP contribution is -2.27. The third-order valence-electron chi connectivity index (χ3n) is 4.51. The van der Waals surface area contributed by atoms with Crippen LogP contribution in [0.1, 0.15) is 21.5 Å². The molecule has 3 rings (SSSR count). The average molecular weight is 346 g/mol. The summed E-state index contributed by atoms with van der Waals surface area (Å²) in [5, 5.41) is 4.86. The Morgan fingerprint density at radius 1 is 0.923 bits per heavy atom. The number of fused-ring (bicyclic) bond motifs is 1. The second kappa shape index (κ2) is 7.83. The van der Waals surface area contributed by atoms with Crippen LogP contribution < -0.4 is 5.32 Å². The fourth-order valence-corrected chi connectivity index (χ4v) is 3.01. The van der Waals surface area contributed by atoms with Gasteiger partial charge in [-0.15, -0.1) is 0 Å². The number of hydrogen-bond donors (Lipinski definition) is 1. The quantitative estimate of drug-likeness (QED) is 0.770. The van der Waals surface area contributed by atoms with E-state index in [1.165, 1.54) is 0 Å². The summed E-state index contributed by atoms with van der Waals surface area (Å²) in [7, 11) is 3.41. The number of benzene rings is 3. The van der Waals surface area contributed by atoms with E-state index in [0.717, 1.165) is 21.9 Å². The monoisotopic (exact) mass is 346 g/mol. The first-order valence-electron chi connectivity index (χ1n) is 8.60. The van der Waals surface area contributed by atoms with Crippen LogP contribution in [0.4, 0.5) is 0 Å². The molecule has 0 bridgehead atoms. The van der Waals surface area contributed by atoms with E-state index in [1.807, 2.05) is 36.4 Å². The molecular formula is C22H22N2O2. The molecule has 3 aromatic carbocycles. The smallest absolute Gasteiger partial charge is 0.251 e. The van der Waals surface area contributed by atoms with Crippen LogP contribution in [0.25, 0.3) is 10.8 Å². The summed E-state index contributed by atoms with van der Waals surface area (Å²) in [6, 6.07) is 21.5. The van der Waals surface area contributed by atoms with E-state index in [0.29, 0.717) is 18.5 Å². The summed E-state index contributed by atoms with van der Waals surface area (Å²) < 4.78 is 0. The van der Waals surface area contributed by atoms with Crippen molar-refractivity contribution in [3.63, 3.8) is 0 Å². The Bertz CT molecular complexity index is 927. The van der Waals surface area contributed by atoms with Gasteiger partial charge in [0.1, 0.15) is 0 Å². The van der Waals surface area contributed by atoms with E-state index >= 15 is 0 Å². The number of likely N-dealkylation sites (N-methyl/N-ethyl adjacent to an activating group) is 1. The third-order valence-corrected chi connectivity index (χ3v) is 4.51. The fourth-order valence-electron chi connectivity index (χ4n) is 3.01. The van der Waals surface area contributed by atoms with E-state index in [9.17, 15) is 9.59 Å². The zero-order chi connectivity index (χ0) is 18.5. The standard InChI is InChI=1S/C22H22N2O2/c1-23-22(26)18-12-10-16(11-13-18)15-24(2)21(25)14-19-8-5-7-17-6-3-4-9-20(17)19/h3-13H,14-15H2,1-2H3,(H,23,26). The van der Waals surface area contributed by atoms with Gasteiger partial charge in [0.2, 0.25) is 5.91 Å². The minimum absolute atomic E-state index is 0.0664. The first-order chi connectivity index (χ1) is 12.6. The minimum atomic E-state index is -0.114. The van der Waals surface area contributed by atoms with Crippen molar-refractivity contribution in [3.05, 3.63) is 83.4 Å². The van der Waals surface area contributed by atoms with Gasteiger partial charge >= 0.3 is 0 Å². The molecule has 4 heteroatoms. The first kappa shape index (κ1) is 17.7. The van der Waals surface area contributed by atoms with Crippen molar-refractivity contribution in [1.82, 2.24) is 10.2 Å². The zero-order valence-corrected chi connectivity index (χ0v) is 15.0. The summed E-state index contributed by atoms with van der Waals surface area (Å²) in [5.41, 5.74) is 2.64. The highest BCUT2D eigenvalue weighted by atomic mass is 16.2. The molecule has 0 spiro atoms. The third kappa shape index (κ3) is 3.91. The normalized spacial score (nSPS) is 10.5. The van der Waals surface area contributed by atoms with Crippen LogP contribution in [-0.2, 0) is 17.8 Å². The molecule has 0 aliphatic heterocycles. The number of nitrogens with one attached hydrogen (secondary N) is 1. The van der Waals surface area contributed by atoms with Gasteiger partial charge in [0.05, 0.1) is 6.42 Å². The van der Waals surface area contributed by atoms with E-state index < -0.39 is 0 Å². The highest BCUT2D eigenvalue weighted by Gasteiger charge is 2.12. The van der Waals surface area contributed by atoms with Crippen LogP contribution >= 0.6 is 0 Å². The number of carbonyl (C=O) groups is 2. The van der Waals surface area contributed by atoms with Crippen molar-refractivity contribution in [2.24, 2.45) is 0 Å². The second-order valence-corrected chi connectivity index (χ2v) is 6.34. The molecule has 0 heterocycles. The summed E-state index contributed by atoms with van der Waals surface area (Å²) in [6.45, 7) is 0.512. The molecule has 0 unspecified atom stereocenters. The molecule has 0 aliphatic rings. The molecule has 26 heavy (non-hydrogen) atoms. The maximum atomic E-state index is 12.6. The largest absolute Gasteiger partial charge is 0.355 e. The highest BCUT2D eigenvalue weighted by molar-refractivity contribution is 5.94. The van der Waals surface area contributed by atoms with Gasteiger partial charge in [-0.3, -0.25) is 9.59 Å². The van der Waals surface area contributed by atoms with E-state index in [4.69, 9.17) is 0 Å². The molecule has 0 aliphatic carbocycles. The van der Waals surface area contributed by atoms with Gasteiger partial charge in [-0.1, -0.05) is 54.6 Å². The summed E-state index contributed by atoms with van der Waals surface area (Å²) in [6.07, 6.45) is 0.369. The first-order valence-corrected chi connectivity index (χ1v) is 8.60. The molecule has 1 N–H and O–H groups in total. The van der Waals surface area contributed by atoms with Gasteiger partial charge in [0.15, 0.2) is 0 Å². The van der Waals surface area contributed by atoms with Gasteiger partial charge in [0, 0.05) is 26.2 Å². The number of nitrogens with zero attached hydrogens (tertiary/aromatic N) is 1. The van der Waals surface area contributed by atoms with Gasteiger partial charge in [-0.05, 0) is 34.0 Å². The molecule has 0 atom stereocenters. The molecule has 0 saturated heterocycles. The van der Waals surface area contributed by atoms with Crippen LogP contribution in [0.5, 0.6) is 0 Å². The average Bonchev–Trinajstić information content (AvgIpc) is 2.68. The van der Waals surface area contributed by atoms with Gasteiger partial charge < -0.3 is 10.2 Å². The minimum Gasteiger partial charge on any atom is -0.355 e. The van der Waals surface area contributed by atoms with Gasteiger partial charge in [-0.25, -0.2) is 0 Å². The van der Waals surface area contributed by atoms with Crippen molar-refractivity contribution in [2.45, 2.75) is 13.0 Å². The Labute approximate surface area is 153 Å². The maximum Gasteiger partial charge on any atom is 0.251 e. The number of carbonyl (C=O) groups excluding carboxylic acids is 2. The van der Waals surface area contributed by atoms with E-state index in [2.05, 4.69) is 23.5 Å². The van der Waals surface area contributed by atoms with Crippen molar-refractivity contribution in [2.75, 3.05) is 14.1 Å². The summed E-state index contributed by atoms with van der Waals surface area (Å²) >= 11 is 0. The molecular weight excluding hydrogens is 324 g/mol. The summed E-state index contributed by atoms with van der Waals surface area (Å²) in [4.78, 5) is 26.0. The number of hydrogen-bond acceptors (Lipinski definition) is 2.